The van der Waals surface area contributed by atoms with Crippen LogP contribution in [-0.2, 0) is 0 Å². The highest BCUT2D eigenvalue weighted by Crippen LogP contribution is 2.27. The Hall–Kier alpha value is -2.80. The van der Waals surface area contributed by atoms with Gasteiger partial charge in [-0.3, -0.25) is 9.59 Å². The van der Waals surface area contributed by atoms with Crippen LogP contribution in [0.15, 0.2) is 36.4 Å². The molecule has 0 aliphatic heterocycles. The lowest BCUT2D eigenvalue weighted by Crippen LogP contribution is -2.46. The Morgan fingerprint density at radius 2 is 1.92 bits per heavy atom. The average molecular weight is 357 g/mol. The molecule has 138 valence electrons. The van der Waals surface area contributed by atoms with Gasteiger partial charge in [0.05, 0.1) is 6.10 Å². The molecule has 0 bridgehead atoms. The van der Waals surface area contributed by atoms with Crippen molar-refractivity contribution in [2.24, 2.45) is 0 Å². The molecule has 7 nitrogen and oxygen atoms in total. The zero-order chi connectivity index (χ0) is 18.7. The predicted octanol–water partition coefficient (Wildman–Crippen LogP) is 1.77. The highest BCUT2D eigenvalue weighted by molar-refractivity contribution is 5.99. The third kappa shape index (κ3) is 3.88. The van der Waals surface area contributed by atoms with E-state index >= 15 is 0 Å². The molecule has 2 aromatic rings. The van der Waals surface area contributed by atoms with Crippen molar-refractivity contribution in [2.75, 3.05) is 7.05 Å². The molecule has 1 aliphatic rings. The number of hydrogen-bond donors (Lipinski definition) is 4. The maximum atomic E-state index is 12.4. The van der Waals surface area contributed by atoms with Gasteiger partial charge in [0.15, 0.2) is 5.75 Å². The van der Waals surface area contributed by atoms with E-state index in [0.717, 1.165) is 5.56 Å². The number of ether oxygens (including phenoxy) is 1. The van der Waals surface area contributed by atoms with E-state index in [1.54, 1.807) is 0 Å². The summed E-state index contributed by atoms with van der Waals surface area (Å²) >= 11 is 0. The van der Waals surface area contributed by atoms with Gasteiger partial charge in [0, 0.05) is 19.2 Å². The van der Waals surface area contributed by atoms with Crippen LogP contribution in [0.3, 0.4) is 0 Å². The Morgan fingerprint density at radius 3 is 2.54 bits per heavy atom. The lowest BCUT2D eigenvalue weighted by molar-refractivity contribution is 0.0560. The summed E-state index contributed by atoms with van der Waals surface area (Å²) in [7, 11) is 1.52. The summed E-state index contributed by atoms with van der Waals surface area (Å²) in [6.45, 7) is 1.88. The zero-order valence-electron chi connectivity index (χ0n) is 14.8. The summed E-state index contributed by atoms with van der Waals surface area (Å²) in [5.74, 6) is -0.368. The standard InChI is InChI=1S/C19H23N3O4/c1-11(12-6-4-3-5-7-12)26-16-10-15(22-17(16)19(25)20-2)18(24)21-13-8-14(23)9-13/h3-7,10-11,13-14,22-23H,8-9H2,1-2H3,(H,20,25)(H,21,24)/t11-,13-,14-/m0/s1. The second-order valence-electron chi connectivity index (χ2n) is 6.47. The van der Waals surface area contributed by atoms with Gasteiger partial charge in [-0.25, -0.2) is 0 Å². The van der Waals surface area contributed by atoms with Gasteiger partial charge in [-0.1, -0.05) is 30.3 Å². The Bertz CT molecular complexity index is 781. The molecule has 1 fully saturated rings. The van der Waals surface area contributed by atoms with E-state index in [1.807, 2.05) is 37.3 Å². The lowest BCUT2D eigenvalue weighted by atomic mass is 9.89. The van der Waals surface area contributed by atoms with Gasteiger partial charge in [-0.2, -0.15) is 0 Å². The Morgan fingerprint density at radius 1 is 1.23 bits per heavy atom. The number of amides is 2. The number of rotatable bonds is 6. The van der Waals surface area contributed by atoms with Crippen LogP contribution in [0, 0.1) is 0 Å². The van der Waals surface area contributed by atoms with Gasteiger partial charge in [0.25, 0.3) is 11.8 Å². The molecule has 1 atom stereocenters. The van der Waals surface area contributed by atoms with Crippen molar-refractivity contribution in [3.63, 3.8) is 0 Å². The van der Waals surface area contributed by atoms with E-state index in [-0.39, 0.29) is 41.5 Å². The van der Waals surface area contributed by atoms with E-state index in [9.17, 15) is 14.7 Å². The number of aromatic nitrogens is 1. The highest BCUT2D eigenvalue weighted by Gasteiger charge is 2.30. The molecule has 7 heteroatoms. The highest BCUT2D eigenvalue weighted by atomic mass is 16.5. The number of hydrogen-bond acceptors (Lipinski definition) is 4. The molecule has 3 rings (SSSR count). The van der Waals surface area contributed by atoms with Crippen molar-refractivity contribution >= 4 is 11.8 Å². The molecule has 0 spiro atoms. The number of aromatic amines is 1. The maximum absolute atomic E-state index is 12.4. The summed E-state index contributed by atoms with van der Waals surface area (Å²) in [5.41, 5.74) is 1.42. The molecule has 26 heavy (non-hydrogen) atoms. The number of benzene rings is 1. The first-order valence-electron chi connectivity index (χ1n) is 8.63. The van der Waals surface area contributed by atoms with Crippen molar-refractivity contribution in [3.05, 3.63) is 53.3 Å². The summed E-state index contributed by atoms with van der Waals surface area (Å²) in [5, 5.41) is 14.7. The Labute approximate surface area is 151 Å². The van der Waals surface area contributed by atoms with E-state index in [0.29, 0.717) is 18.6 Å². The molecule has 0 unspecified atom stereocenters. The largest absolute Gasteiger partial charge is 0.484 e. The molecule has 1 saturated carbocycles. The van der Waals surface area contributed by atoms with Crippen LogP contribution >= 0.6 is 0 Å². The Kier molecular flexibility index (Phi) is 5.27. The number of aliphatic hydroxyl groups is 1. The predicted molar refractivity (Wildman–Crippen MR) is 96.2 cm³/mol. The number of nitrogens with one attached hydrogen (secondary N) is 3. The normalized spacial score (nSPS) is 20.0. The van der Waals surface area contributed by atoms with Crippen LogP contribution in [0.1, 0.15) is 52.4 Å². The van der Waals surface area contributed by atoms with E-state index in [4.69, 9.17) is 4.74 Å². The van der Waals surface area contributed by atoms with Crippen molar-refractivity contribution in [3.8, 4) is 5.75 Å². The molecular formula is C19H23N3O4. The second kappa shape index (κ2) is 7.61. The molecule has 1 aromatic heterocycles. The SMILES string of the molecule is CNC(=O)c1[nH]c(C(=O)N[C@H]2C[C@H](O)C2)cc1O[C@@H](C)c1ccccc1. The summed E-state index contributed by atoms with van der Waals surface area (Å²) in [6, 6.07) is 11.1. The molecule has 1 aliphatic carbocycles. The minimum atomic E-state index is -0.363. The fourth-order valence-corrected chi connectivity index (χ4v) is 2.90. The molecular weight excluding hydrogens is 334 g/mol. The maximum Gasteiger partial charge on any atom is 0.271 e. The van der Waals surface area contributed by atoms with Crippen LogP contribution in [0.25, 0.3) is 0 Å². The minimum absolute atomic E-state index is 0.0446. The molecule has 1 aromatic carbocycles. The van der Waals surface area contributed by atoms with Crippen molar-refractivity contribution in [2.45, 2.75) is 38.0 Å². The number of carbonyl (C=O) groups excluding carboxylic acids is 2. The molecule has 4 N–H and O–H groups in total. The van der Waals surface area contributed by atoms with Crippen LogP contribution in [0.2, 0.25) is 0 Å². The molecule has 2 amide bonds. The minimum Gasteiger partial charge on any atom is -0.484 e. The number of H-pyrrole nitrogens is 1. The second-order valence-corrected chi connectivity index (χ2v) is 6.47. The first kappa shape index (κ1) is 18.0. The van der Waals surface area contributed by atoms with Gasteiger partial charge in [0.1, 0.15) is 17.5 Å². The first-order chi connectivity index (χ1) is 12.5. The Balaban J connectivity index is 1.78. The molecule has 1 heterocycles. The molecule has 0 radical (unpaired) electrons. The summed E-state index contributed by atoms with van der Waals surface area (Å²) in [4.78, 5) is 27.4. The average Bonchev–Trinajstić information content (AvgIpc) is 3.04. The number of carbonyl (C=O) groups is 2. The zero-order valence-corrected chi connectivity index (χ0v) is 14.8. The summed E-state index contributed by atoms with van der Waals surface area (Å²) < 4.78 is 5.94. The van der Waals surface area contributed by atoms with Gasteiger partial charge in [0.2, 0.25) is 0 Å². The van der Waals surface area contributed by atoms with Crippen LogP contribution < -0.4 is 15.4 Å². The first-order valence-corrected chi connectivity index (χ1v) is 8.63. The third-order valence-corrected chi connectivity index (χ3v) is 4.50. The monoisotopic (exact) mass is 357 g/mol. The van der Waals surface area contributed by atoms with Crippen molar-refractivity contribution in [1.82, 2.24) is 15.6 Å². The van der Waals surface area contributed by atoms with Crippen LogP contribution in [0.4, 0.5) is 0 Å². The van der Waals surface area contributed by atoms with E-state index < -0.39 is 0 Å². The van der Waals surface area contributed by atoms with Crippen LogP contribution in [-0.4, -0.2) is 41.1 Å². The van der Waals surface area contributed by atoms with Crippen LogP contribution in [0.5, 0.6) is 5.75 Å². The third-order valence-electron chi connectivity index (χ3n) is 4.50. The van der Waals surface area contributed by atoms with E-state index in [1.165, 1.54) is 13.1 Å². The van der Waals surface area contributed by atoms with Gasteiger partial charge in [-0.15, -0.1) is 0 Å². The fourth-order valence-electron chi connectivity index (χ4n) is 2.90. The quantitative estimate of drug-likeness (QED) is 0.632. The smallest absolute Gasteiger partial charge is 0.271 e. The summed E-state index contributed by atoms with van der Waals surface area (Å²) in [6.07, 6.45) is 0.454. The lowest BCUT2D eigenvalue weighted by Gasteiger charge is -2.31. The number of aliphatic hydroxyl groups excluding tert-OH is 1. The van der Waals surface area contributed by atoms with Gasteiger partial charge >= 0.3 is 0 Å². The van der Waals surface area contributed by atoms with Gasteiger partial charge in [-0.05, 0) is 25.3 Å². The van der Waals surface area contributed by atoms with Crippen molar-refractivity contribution in [1.29, 1.82) is 0 Å². The van der Waals surface area contributed by atoms with Gasteiger partial charge < -0.3 is 25.5 Å². The van der Waals surface area contributed by atoms with Crippen molar-refractivity contribution < 1.29 is 19.4 Å². The topological polar surface area (TPSA) is 103 Å². The fraction of sp³-hybridized carbons (Fsp3) is 0.368. The van der Waals surface area contributed by atoms with E-state index in [2.05, 4.69) is 15.6 Å². The molecule has 0 saturated heterocycles.